The van der Waals surface area contributed by atoms with E-state index in [0.717, 1.165) is 0 Å². The van der Waals surface area contributed by atoms with Gasteiger partial charge < -0.3 is 15.2 Å². The quantitative estimate of drug-likeness (QED) is 0.859. The van der Waals surface area contributed by atoms with Crippen molar-refractivity contribution < 1.29 is 23.8 Å². The lowest BCUT2D eigenvalue weighted by atomic mass is 10.2. The van der Waals surface area contributed by atoms with Crippen molar-refractivity contribution >= 4 is 11.9 Å². The monoisotopic (exact) mass is 267 g/mol. The minimum Gasteiger partial charge on any atom is -0.479 e. The van der Waals surface area contributed by atoms with Gasteiger partial charge in [0.25, 0.3) is 5.91 Å². The van der Waals surface area contributed by atoms with E-state index in [1.807, 2.05) is 0 Å². The fourth-order valence-electron chi connectivity index (χ4n) is 1.95. The second-order valence-electron chi connectivity index (χ2n) is 4.38. The molecule has 2 unspecified atom stereocenters. The zero-order valence-electron chi connectivity index (χ0n) is 10.1. The molecule has 2 rings (SSSR count). The van der Waals surface area contributed by atoms with E-state index in [2.05, 4.69) is 5.32 Å². The molecule has 1 aromatic carbocycles. The molecule has 0 radical (unpaired) electrons. The normalized spacial score (nSPS) is 22.2. The average Bonchev–Trinajstić information content (AvgIpc) is 2.86. The van der Waals surface area contributed by atoms with Crippen LogP contribution in [0.4, 0.5) is 4.39 Å². The van der Waals surface area contributed by atoms with Crippen LogP contribution in [0.5, 0.6) is 0 Å². The number of carboxylic acids is 1. The van der Waals surface area contributed by atoms with Crippen molar-refractivity contribution in [2.24, 2.45) is 0 Å². The predicted octanol–water partition coefficient (Wildman–Crippen LogP) is 1.19. The summed E-state index contributed by atoms with van der Waals surface area (Å²) in [5.74, 6) is -1.71. The number of hydrogen-bond donors (Lipinski definition) is 2. The minimum absolute atomic E-state index is 0.250. The molecule has 0 aliphatic carbocycles. The van der Waals surface area contributed by atoms with Gasteiger partial charge in [-0.05, 0) is 37.1 Å². The van der Waals surface area contributed by atoms with Crippen molar-refractivity contribution in [1.29, 1.82) is 0 Å². The first-order valence-electron chi connectivity index (χ1n) is 5.98. The lowest BCUT2D eigenvalue weighted by Gasteiger charge is -2.12. The van der Waals surface area contributed by atoms with Gasteiger partial charge in [-0.1, -0.05) is 0 Å². The van der Waals surface area contributed by atoms with Gasteiger partial charge in [0, 0.05) is 12.1 Å². The van der Waals surface area contributed by atoms with Gasteiger partial charge in [0.1, 0.15) is 5.82 Å². The standard InChI is InChI=1S/C13H14FNO4/c14-9-3-1-8(2-4-9)12(16)15-7-10-5-6-11(19-10)13(17)18/h1-4,10-11H,5-7H2,(H,15,16)(H,17,18). The third-order valence-corrected chi connectivity index (χ3v) is 2.98. The first kappa shape index (κ1) is 13.5. The molecular formula is C13H14FNO4. The number of halogens is 1. The molecule has 1 aromatic rings. The Morgan fingerprint density at radius 2 is 2.00 bits per heavy atom. The maximum atomic E-state index is 12.7. The third kappa shape index (κ3) is 3.51. The topological polar surface area (TPSA) is 75.6 Å². The van der Waals surface area contributed by atoms with Crippen LogP contribution in [0.25, 0.3) is 0 Å². The Balaban J connectivity index is 1.81. The molecule has 1 fully saturated rings. The van der Waals surface area contributed by atoms with E-state index in [1.165, 1.54) is 24.3 Å². The second kappa shape index (κ2) is 5.79. The molecule has 0 saturated carbocycles. The summed E-state index contributed by atoms with van der Waals surface area (Å²) in [4.78, 5) is 22.4. The van der Waals surface area contributed by atoms with Crippen LogP contribution in [-0.2, 0) is 9.53 Å². The molecule has 6 heteroatoms. The Kier molecular flexibility index (Phi) is 4.11. The molecule has 2 atom stereocenters. The number of carbonyl (C=O) groups is 2. The molecule has 1 amide bonds. The number of hydrogen-bond acceptors (Lipinski definition) is 3. The molecule has 0 aromatic heterocycles. The van der Waals surface area contributed by atoms with Crippen molar-refractivity contribution in [2.45, 2.75) is 25.0 Å². The third-order valence-electron chi connectivity index (χ3n) is 2.98. The van der Waals surface area contributed by atoms with Gasteiger partial charge in [-0.3, -0.25) is 4.79 Å². The van der Waals surface area contributed by atoms with Gasteiger partial charge in [0.05, 0.1) is 6.10 Å². The highest BCUT2D eigenvalue weighted by molar-refractivity contribution is 5.94. The van der Waals surface area contributed by atoms with E-state index < -0.39 is 17.9 Å². The number of carboxylic acid groups (broad SMARTS) is 1. The summed E-state index contributed by atoms with van der Waals surface area (Å²) in [6, 6.07) is 5.20. The van der Waals surface area contributed by atoms with Gasteiger partial charge in [0.15, 0.2) is 6.10 Å². The van der Waals surface area contributed by atoms with Crippen molar-refractivity contribution in [3.8, 4) is 0 Å². The largest absolute Gasteiger partial charge is 0.479 e. The smallest absolute Gasteiger partial charge is 0.332 e. The highest BCUT2D eigenvalue weighted by Crippen LogP contribution is 2.19. The van der Waals surface area contributed by atoms with Crippen molar-refractivity contribution in [2.75, 3.05) is 6.54 Å². The van der Waals surface area contributed by atoms with E-state index in [0.29, 0.717) is 18.4 Å². The SMILES string of the molecule is O=C(NCC1CCC(C(=O)O)O1)c1ccc(F)cc1. The number of ether oxygens (including phenoxy) is 1. The maximum Gasteiger partial charge on any atom is 0.332 e. The highest BCUT2D eigenvalue weighted by Gasteiger charge is 2.30. The number of rotatable bonds is 4. The number of carbonyl (C=O) groups excluding carboxylic acids is 1. The van der Waals surface area contributed by atoms with Crippen LogP contribution in [0.2, 0.25) is 0 Å². The predicted molar refractivity (Wildman–Crippen MR) is 64.3 cm³/mol. The fourth-order valence-corrected chi connectivity index (χ4v) is 1.95. The summed E-state index contributed by atoms with van der Waals surface area (Å²) >= 11 is 0. The van der Waals surface area contributed by atoms with Crippen molar-refractivity contribution in [3.63, 3.8) is 0 Å². The Labute approximate surface area is 109 Å². The molecule has 0 spiro atoms. The van der Waals surface area contributed by atoms with Crippen LogP contribution in [-0.4, -0.2) is 35.7 Å². The van der Waals surface area contributed by atoms with E-state index in [4.69, 9.17) is 9.84 Å². The van der Waals surface area contributed by atoms with Gasteiger partial charge in [-0.25, -0.2) is 9.18 Å². The van der Waals surface area contributed by atoms with E-state index in [-0.39, 0.29) is 18.6 Å². The molecule has 0 bridgehead atoms. The Bertz CT molecular complexity index is 474. The van der Waals surface area contributed by atoms with E-state index in [9.17, 15) is 14.0 Å². The molecular weight excluding hydrogens is 253 g/mol. The maximum absolute atomic E-state index is 12.7. The molecule has 5 nitrogen and oxygen atoms in total. The van der Waals surface area contributed by atoms with Gasteiger partial charge >= 0.3 is 5.97 Å². The lowest BCUT2D eigenvalue weighted by molar-refractivity contribution is -0.149. The molecule has 102 valence electrons. The summed E-state index contributed by atoms with van der Waals surface area (Å²) in [7, 11) is 0. The first-order chi connectivity index (χ1) is 9.06. The molecule has 19 heavy (non-hydrogen) atoms. The summed E-state index contributed by atoms with van der Waals surface area (Å²) in [5.41, 5.74) is 0.356. The highest BCUT2D eigenvalue weighted by atomic mass is 19.1. The van der Waals surface area contributed by atoms with Crippen molar-refractivity contribution in [1.82, 2.24) is 5.32 Å². The zero-order chi connectivity index (χ0) is 13.8. The molecule has 2 N–H and O–H groups in total. The molecule has 1 aliphatic rings. The molecule has 1 saturated heterocycles. The Morgan fingerprint density at radius 1 is 1.32 bits per heavy atom. The van der Waals surface area contributed by atoms with Gasteiger partial charge in [0.2, 0.25) is 0 Å². The van der Waals surface area contributed by atoms with E-state index in [1.54, 1.807) is 0 Å². The summed E-state index contributed by atoms with van der Waals surface area (Å²) in [6.45, 7) is 0.250. The first-order valence-corrected chi connectivity index (χ1v) is 5.98. The minimum atomic E-state index is -0.979. The molecule has 1 aliphatic heterocycles. The van der Waals surface area contributed by atoms with Gasteiger partial charge in [-0.15, -0.1) is 0 Å². The van der Waals surface area contributed by atoms with Crippen LogP contribution in [0.15, 0.2) is 24.3 Å². The van der Waals surface area contributed by atoms with Gasteiger partial charge in [-0.2, -0.15) is 0 Å². The van der Waals surface area contributed by atoms with Crippen LogP contribution < -0.4 is 5.32 Å². The Hall–Kier alpha value is -1.95. The number of amides is 1. The van der Waals surface area contributed by atoms with Crippen LogP contribution in [0, 0.1) is 5.82 Å². The fraction of sp³-hybridized carbons (Fsp3) is 0.385. The van der Waals surface area contributed by atoms with Crippen molar-refractivity contribution in [3.05, 3.63) is 35.6 Å². The lowest BCUT2D eigenvalue weighted by Crippen LogP contribution is -2.33. The van der Waals surface area contributed by atoms with Crippen LogP contribution in [0.3, 0.4) is 0 Å². The number of benzene rings is 1. The van der Waals surface area contributed by atoms with E-state index >= 15 is 0 Å². The zero-order valence-corrected chi connectivity index (χ0v) is 10.1. The summed E-state index contributed by atoms with van der Waals surface area (Å²) in [6.07, 6.45) is -0.0224. The Morgan fingerprint density at radius 3 is 2.58 bits per heavy atom. The van der Waals surface area contributed by atoms with Crippen LogP contribution in [0.1, 0.15) is 23.2 Å². The average molecular weight is 267 g/mol. The van der Waals surface area contributed by atoms with Crippen LogP contribution >= 0.6 is 0 Å². The second-order valence-corrected chi connectivity index (χ2v) is 4.38. The summed E-state index contributed by atoms with van der Waals surface area (Å²) in [5, 5.41) is 11.4. The number of nitrogens with one attached hydrogen (secondary N) is 1. The summed E-state index contributed by atoms with van der Waals surface area (Å²) < 4.78 is 17.9. The molecule has 1 heterocycles. The number of aliphatic carboxylic acids is 1.